The van der Waals surface area contributed by atoms with E-state index < -0.39 is 17.8 Å². The fraction of sp³-hybridized carbons (Fsp3) is 0.700. The summed E-state index contributed by atoms with van der Waals surface area (Å²) in [5, 5.41) is 13.8. The minimum Gasteiger partial charge on any atom is -0.481 e. The molecule has 3 amide bonds. The van der Waals surface area contributed by atoms with E-state index >= 15 is 0 Å². The fourth-order valence-electron chi connectivity index (χ4n) is 1.40. The molecular weight excluding hydrogens is 226 g/mol. The molecule has 7 heteroatoms. The normalized spacial score (nSPS) is 21.5. The second-order valence-corrected chi connectivity index (χ2v) is 4.20. The number of carboxylic acids is 1. The maximum Gasteiger partial charge on any atom is 0.316 e. The molecule has 0 radical (unpaired) electrons. The van der Waals surface area contributed by atoms with Gasteiger partial charge in [0, 0.05) is 27.2 Å². The highest BCUT2D eigenvalue weighted by Crippen LogP contribution is 2.38. The van der Waals surface area contributed by atoms with Crippen molar-refractivity contribution in [2.24, 2.45) is 11.8 Å². The van der Waals surface area contributed by atoms with Crippen LogP contribution in [0.15, 0.2) is 0 Å². The van der Waals surface area contributed by atoms with Crippen molar-refractivity contribution in [3.05, 3.63) is 0 Å². The van der Waals surface area contributed by atoms with E-state index in [1.807, 2.05) is 0 Å². The third kappa shape index (κ3) is 3.93. The van der Waals surface area contributed by atoms with Gasteiger partial charge >= 0.3 is 12.0 Å². The topological polar surface area (TPSA) is 98.7 Å². The van der Waals surface area contributed by atoms with Crippen LogP contribution < -0.4 is 10.6 Å². The first-order chi connectivity index (χ1) is 7.93. The molecule has 0 heterocycles. The summed E-state index contributed by atoms with van der Waals surface area (Å²) in [4.78, 5) is 34.4. The van der Waals surface area contributed by atoms with Crippen LogP contribution in [-0.2, 0) is 9.59 Å². The van der Waals surface area contributed by atoms with Crippen molar-refractivity contribution in [2.45, 2.75) is 6.42 Å². The Balaban J connectivity index is 2.10. The lowest BCUT2D eigenvalue weighted by Crippen LogP contribution is -2.40. The fourth-order valence-corrected chi connectivity index (χ4v) is 1.40. The molecule has 0 saturated heterocycles. The molecule has 1 fully saturated rings. The summed E-state index contributed by atoms with van der Waals surface area (Å²) in [5.41, 5.74) is 0. The first-order valence-corrected chi connectivity index (χ1v) is 5.39. The van der Waals surface area contributed by atoms with Crippen molar-refractivity contribution in [1.29, 1.82) is 0 Å². The molecule has 2 atom stereocenters. The highest BCUT2D eigenvalue weighted by atomic mass is 16.4. The van der Waals surface area contributed by atoms with Crippen LogP contribution in [0.2, 0.25) is 0 Å². The Morgan fingerprint density at radius 3 is 2.24 bits per heavy atom. The van der Waals surface area contributed by atoms with Gasteiger partial charge in [0.1, 0.15) is 0 Å². The number of nitrogens with zero attached hydrogens (tertiary/aromatic N) is 1. The van der Waals surface area contributed by atoms with Gasteiger partial charge < -0.3 is 20.6 Å². The van der Waals surface area contributed by atoms with E-state index in [1.54, 1.807) is 14.1 Å². The monoisotopic (exact) mass is 243 g/mol. The highest BCUT2D eigenvalue weighted by molar-refractivity contribution is 5.89. The minimum absolute atomic E-state index is 0.228. The Kier molecular flexibility index (Phi) is 4.30. The number of carboxylic acid groups (broad SMARTS) is 1. The average molecular weight is 243 g/mol. The molecule has 0 aromatic heterocycles. The Morgan fingerprint density at radius 1 is 1.18 bits per heavy atom. The summed E-state index contributed by atoms with van der Waals surface area (Å²) in [6.07, 6.45) is 0.408. The van der Waals surface area contributed by atoms with Gasteiger partial charge in [0.15, 0.2) is 0 Å². The zero-order valence-corrected chi connectivity index (χ0v) is 9.90. The first kappa shape index (κ1) is 13.3. The van der Waals surface area contributed by atoms with E-state index in [-0.39, 0.29) is 11.9 Å². The summed E-state index contributed by atoms with van der Waals surface area (Å²) >= 11 is 0. The van der Waals surface area contributed by atoms with Crippen LogP contribution in [0.3, 0.4) is 0 Å². The quantitative estimate of drug-likeness (QED) is 0.545. The molecule has 0 spiro atoms. The SMILES string of the molecule is CN(C)C(=O)NCCNC(=O)[C@@H]1C[C@@H]1C(=O)O. The van der Waals surface area contributed by atoms with E-state index in [4.69, 9.17) is 5.11 Å². The zero-order valence-electron chi connectivity index (χ0n) is 9.90. The second kappa shape index (κ2) is 5.51. The van der Waals surface area contributed by atoms with Crippen LogP contribution in [0.1, 0.15) is 6.42 Å². The van der Waals surface area contributed by atoms with E-state index in [0.717, 1.165) is 0 Å². The van der Waals surface area contributed by atoms with Crippen LogP contribution in [0.25, 0.3) is 0 Å². The van der Waals surface area contributed by atoms with Crippen molar-refractivity contribution >= 4 is 17.9 Å². The molecule has 0 aliphatic heterocycles. The van der Waals surface area contributed by atoms with Crippen LogP contribution in [0.4, 0.5) is 4.79 Å². The third-order valence-corrected chi connectivity index (χ3v) is 2.55. The second-order valence-electron chi connectivity index (χ2n) is 4.20. The number of hydrogen-bond donors (Lipinski definition) is 3. The number of carbonyl (C=O) groups is 3. The predicted molar refractivity (Wildman–Crippen MR) is 59.3 cm³/mol. The van der Waals surface area contributed by atoms with E-state index in [0.29, 0.717) is 19.5 Å². The number of nitrogens with one attached hydrogen (secondary N) is 2. The molecule has 0 aromatic rings. The summed E-state index contributed by atoms with van der Waals surface area (Å²) in [6.45, 7) is 0.633. The van der Waals surface area contributed by atoms with Crippen LogP contribution >= 0.6 is 0 Å². The molecule has 1 rings (SSSR count). The Hall–Kier alpha value is -1.79. The lowest BCUT2D eigenvalue weighted by Gasteiger charge is -2.12. The first-order valence-electron chi connectivity index (χ1n) is 5.39. The van der Waals surface area contributed by atoms with E-state index in [2.05, 4.69) is 10.6 Å². The number of aliphatic carboxylic acids is 1. The third-order valence-electron chi connectivity index (χ3n) is 2.55. The summed E-state index contributed by atoms with van der Waals surface area (Å²) in [6, 6.07) is -0.228. The molecule has 96 valence electrons. The van der Waals surface area contributed by atoms with Gasteiger partial charge in [0.2, 0.25) is 5.91 Å². The lowest BCUT2D eigenvalue weighted by atomic mass is 10.3. The van der Waals surface area contributed by atoms with Crippen molar-refractivity contribution < 1.29 is 19.5 Å². The molecule has 1 aliphatic rings. The number of amides is 3. The molecule has 7 nitrogen and oxygen atoms in total. The van der Waals surface area contributed by atoms with Crippen molar-refractivity contribution in [3.63, 3.8) is 0 Å². The number of carbonyl (C=O) groups excluding carboxylic acids is 2. The number of hydrogen-bond acceptors (Lipinski definition) is 3. The van der Waals surface area contributed by atoms with E-state index in [9.17, 15) is 14.4 Å². The Bertz CT molecular complexity index is 330. The van der Waals surface area contributed by atoms with Crippen molar-refractivity contribution in [3.8, 4) is 0 Å². The van der Waals surface area contributed by atoms with Crippen LogP contribution in [-0.4, -0.2) is 55.1 Å². The molecular formula is C10H17N3O4. The largest absolute Gasteiger partial charge is 0.481 e. The van der Waals surface area contributed by atoms with Gasteiger partial charge in [0.05, 0.1) is 11.8 Å². The van der Waals surface area contributed by atoms with Gasteiger partial charge in [-0.2, -0.15) is 0 Å². The molecule has 0 unspecified atom stereocenters. The van der Waals surface area contributed by atoms with Gasteiger partial charge in [-0.15, -0.1) is 0 Å². The zero-order chi connectivity index (χ0) is 13.0. The van der Waals surface area contributed by atoms with Gasteiger partial charge in [-0.3, -0.25) is 9.59 Å². The number of rotatable bonds is 5. The standard InChI is InChI=1S/C10H17N3O4/c1-13(2)10(17)12-4-3-11-8(14)6-5-7(6)9(15)16/h6-7H,3-5H2,1-2H3,(H,11,14)(H,12,17)(H,15,16)/t6-,7+/m1/s1. The van der Waals surface area contributed by atoms with Gasteiger partial charge in [-0.1, -0.05) is 0 Å². The molecule has 17 heavy (non-hydrogen) atoms. The molecule has 0 bridgehead atoms. The summed E-state index contributed by atoms with van der Waals surface area (Å²) in [7, 11) is 3.24. The molecule has 0 aromatic carbocycles. The highest BCUT2D eigenvalue weighted by Gasteiger charge is 2.48. The average Bonchev–Trinajstić information content (AvgIpc) is 3.03. The van der Waals surface area contributed by atoms with Crippen molar-refractivity contribution in [2.75, 3.05) is 27.2 Å². The van der Waals surface area contributed by atoms with Gasteiger partial charge in [0.25, 0.3) is 0 Å². The Morgan fingerprint density at radius 2 is 1.76 bits per heavy atom. The maximum atomic E-state index is 11.4. The smallest absolute Gasteiger partial charge is 0.316 e. The molecule has 3 N–H and O–H groups in total. The van der Waals surface area contributed by atoms with E-state index in [1.165, 1.54) is 4.90 Å². The maximum absolute atomic E-state index is 11.4. The minimum atomic E-state index is -0.925. The van der Waals surface area contributed by atoms with Gasteiger partial charge in [-0.25, -0.2) is 4.79 Å². The Labute approximate surface area is 99.2 Å². The van der Waals surface area contributed by atoms with Crippen LogP contribution in [0, 0.1) is 11.8 Å². The van der Waals surface area contributed by atoms with Crippen molar-refractivity contribution in [1.82, 2.24) is 15.5 Å². The predicted octanol–water partition coefficient (Wildman–Crippen LogP) is -0.905. The summed E-state index contributed by atoms with van der Waals surface area (Å²) in [5.74, 6) is -2.12. The summed E-state index contributed by atoms with van der Waals surface area (Å²) < 4.78 is 0. The lowest BCUT2D eigenvalue weighted by molar-refractivity contribution is -0.140. The molecule has 1 saturated carbocycles. The van der Waals surface area contributed by atoms with Gasteiger partial charge in [-0.05, 0) is 6.42 Å². The molecule has 1 aliphatic carbocycles. The van der Waals surface area contributed by atoms with Crippen LogP contribution in [0.5, 0.6) is 0 Å². The number of urea groups is 1.